The number of aryl methyl sites for hydroxylation is 2. The minimum Gasteiger partial charge on any atom is -0.394 e. The third-order valence-corrected chi connectivity index (χ3v) is 10.0. The van der Waals surface area contributed by atoms with E-state index in [4.69, 9.17) is 4.74 Å². The maximum atomic E-state index is 15.0. The van der Waals surface area contributed by atoms with Gasteiger partial charge in [-0.3, -0.25) is 14.4 Å². The molecule has 1 spiro atoms. The summed E-state index contributed by atoms with van der Waals surface area (Å²) in [5.74, 6) is -2.40. The molecule has 3 amide bonds. The van der Waals surface area contributed by atoms with Crippen molar-refractivity contribution in [1.29, 1.82) is 0 Å². The Morgan fingerprint density at radius 2 is 1.68 bits per heavy atom. The molecule has 0 aromatic heterocycles. The second-order valence-electron chi connectivity index (χ2n) is 12.7. The molecule has 8 heteroatoms. The van der Waals surface area contributed by atoms with Crippen LogP contribution in [0.2, 0.25) is 0 Å². The number of nitrogens with zero attached hydrogens (tertiary/aromatic N) is 3. The van der Waals surface area contributed by atoms with Crippen LogP contribution in [0.3, 0.4) is 0 Å². The minimum absolute atomic E-state index is 0.116. The summed E-state index contributed by atoms with van der Waals surface area (Å²) in [6, 6.07) is 13.9. The molecular formula is C36H43N3O5. The number of aliphatic hydroxyl groups is 1. The summed E-state index contributed by atoms with van der Waals surface area (Å²) in [4.78, 5) is 49.4. The van der Waals surface area contributed by atoms with Crippen molar-refractivity contribution in [3.8, 4) is 0 Å². The van der Waals surface area contributed by atoms with Gasteiger partial charge in [0.05, 0.1) is 30.1 Å². The van der Waals surface area contributed by atoms with Gasteiger partial charge >= 0.3 is 0 Å². The van der Waals surface area contributed by atoms with Gasteiger partial charge in [-0.15, -0.1) is 0 Å². The number of rotatable bonds is 8. The molecule has 2 aromatic rings. The van der Waals surface area contributed by atoms with Gasteiger partial charge in [-0.1, -0.05) is 80.6 Å². The van der Waals surface area contributed by atoms with Gasteiger partial charge in [-0.05, 0) is 55.9 Å². The first-order chi connectivity index (χ1) is 21.2. The smallest absolute Gasteiger partial charge is 0.253 e. The number of benzene rings is 2. The Bertz CT molecular complexity index is 1500. The van der Waals surface area contributed by atoms with Crippen LogP contribution in [0.1, 0.15) is 43.4 Å². The second kappa shape index (κ2) is 11.6. The Morgan fingerprint density at radius 3 is 2.39 bits per heavy atom. The molecule has 0 radical (unpaired) electrons. The molecule has 1 unspecified atom stereocenters. The van der Waals surface area contributed by atoms with Crippen LogP contribution >= 0.6 is 0 Å². The molecule has 1 N–H and O–H groups in total. The van der Waals surface area contributed by atoms with Crippen molar-refractivity contribution >= 4 is 23.4 Å². The first kappa shape index (κ1) is 30.3. The molecule has 6 rings (SSSR count). The van der Waals surface area contributed by atoms with Gasteiger partial charge < -0.3 is 24.5 Å². The van der Waals surface area contributed by atoms with Crippen molar-refractivity contribution in [2.75, 3.05) is 31.1 Å². The van der Waals surface area contributed by atoms with Crippen LogP contribution in [0.25, 0.3) is 0 Å². The number of likely N-dealkylation sites (tertiary alicyclic amines) is 1. The van der Waals surface area contributed by atoms with Gasteiger partial charge in [0.1, 0.15) is 11.6 Å². The molecule has 4 heterocycles. The van der Waals surface area contributed by atoms with E-state index in [0.29, 0.717) is 32.5 Å². The number of ether oxygens (including phenoxy) is 1. The molecular weight excluding hydrogens is 554 g/mol. The number of aliphatic hydroxyl groups excluding tert-OH is 1. The lowest BCUT2D eigenvalue weighted by atomic mass is 9.73. The van der Waals surface area contributed by atoms with Crippen molar-refractivity contribution in [3.63, 3.8) is 0 Å². The molecule has 232 valence electrons. The van der Waals surface area contributed by atoms with E-state index in [2.05, 4.69) is 0 Å². The summed E-state index contributed by atoms with van der Waals surface area (Å²) < 4.78 is 7.12. The lowest BCUT2D eigenvalue weighted by Gasteiger charge is -2.41. The van der Waals surface area contributed by atoms with Gasteiger partial charge in [0.25, 0.3) is 5.91 Å². The molecule has 4 aliphatic heterocycles. The quantitative estimate of drug-likeness (QED) is 0.465. The number of fused-ring (bicyclic) bond motifs is 2. The van der Waals surface area contributed by atoms with Gasteiger partial charge in [0.2, 0.25) is 11.8 Å². The Morgan fingerprint density at radius 1 is 0.932 bits per heavy atom. The second-order valence-corrected chi connectivity index (χ2v) is 12.7. The topological polar surface area (TPSA) is 90.4 Å². The Labute approximate surface area is 260 Å². The number of hydrogen-bond acceptors (Lipinski definition) is 5. The summed E-state index contributed by atoms with van der Waals surface area (Å²) in [6.45, 7) is 8.97. The molecule has 2 saturated heterocycles. The standard InChI is InChI=1S/C36H43N3O5/c1-5-18-37-19-10-16-35(6-2)29(32(37)41)30-33(42)39(27(23-40)22-26-12-8-7-9-13-26)31-34(43)38(20-11-17-36(30,31)44-35)28-21-24(3)14-15-25(28)4/h7-17,21,27,29-31,40H,5-6,18-20,22-23H2,1-4H3/t27-,29+,30+,31?,35-,36+/m1/s1. The fourth-order valence-corrected chi connectivity index (χ4v) is 7.98. The van der Waals surface area contributed by atoms with Crippen LogP contribution in [-0.4, -0.2) is 82.2 Å². The van der Waals surface area contributed by atoms with Gasteiger partial charge in [-0.25, -0.2) is 0 Å². The highest BCUT2D eigenvalue weighted by Gasteiger charge is 2.76. The third-order valence-electron chi connectivity index (χ3n) is 10.0. The van der Waals surface area contributed by atoms with Crippen molar-refractivity contribution in [2.45, 2.75) is 70.2 Å². The Hall–Kier alpha value is -3.75. The van der Waals surface area contributed by atoms with Crippen LogP contribution in [0.4, 0.5) is 5.69 Å². The zero-order valence-electron chi connectivity index (χ0n) is 26.1. The SMILES string of the molecule is CCCN1CC=C[C@@]2(CC)O[C@]34C=CCN(c5cc(C)ccc5C)C(=O)C3N([C@@H](CO)Cc3ccccc3)C(=O)[C@@H]4[C@H]2C1=O. The average molecular weight is 598 g/mol. The zero-order chi connectivity index (χ0) is 31.2. The van der Waals surface area contributed by atoms with Crippen LogP contribution in [0, 0.1) is 25.7 Å². The van der Waals surface area contributed by atoms with Crippen molar-refractivity contribution in [2.24, 2.45) is 11.8 Å². The van der Waals surface area contributed by atoms with Crippen LogP contribution in [0.5, 0.6) is 0 Å². The fourth-order valence-electron chi connectivity index (χ4n) is 7.98. The van der Waals surface area contributed by atoms with E-state index in [0.717, 1.165) is 28.8 Å². The normalized spacial score (nSPS) is 30.2. The highest BCUT2D eigenvalue weighted by Crippen LogP contribution is 2.59. The highest BCUT2D eigenvalue weighted by molar-refractivity contribution is 6.06. The maximum Gasteiger partial charge on any atom is 0.253 e. The Balaban J connectivity index is 1.53. The van der Waals surface area contributed by atoms with Crippen LogP contribution in [-0.2, 0) is 25.5 Å². The van der Waals surface area contributed by atoms with Crippen molar-refractivity contribution in [1.82, 2.24) is 9.80 Å². The monoisotopic (exact) mass is 597 g/mol. The van der Waals surface area contributed by atoms with Crippen molar-refractivity contribution in [3.05, 3.63) is 89.5 Å². The molecule has 0 bridgehead atoms. The summed E-state index contributed by atoms with van der Waals surface area (Å²) >= 11 is 0. The lowest BCUT2D eigenvalue weighted by molar-refractivity contribution is -0.152. The summed E-state index contributed by atoms with van der Waals surface area (Å²) in [5, 5.41) is 10.8. The number of carbonyl (C=O) groups excluding carboxylic acids is 3. The predicted molar refractivity (Wildman–Crippen MR) is 169 cm³/mol. The number of amides is 3. The number of anilines is 1. The molecule has 2 aromatic carbocycles. The largest absolute Gasteiger partial charge is 0.394 e. The molecule has 4 aliphatic rings. The summed E-state index contributed by atoms with van der Waals surface area (Å²) in [6.07, 6.45) is 9.38. The molecule has 6 atom stereocenters. The van der Waals surface area contributed by atoms with E-state index >= 15 is 0 Å². The van der Waals surface area contributed by atoms with Gasteiger partial charge in [0.15, 0.2) is 0 Å². The average Bonchev–Trinajstić information content (AvgIpc) is 3.32. The number of hydrogen-bond donors (Lipinski definition) is 1. The van der Waals surface area contributed by atoms with E-state index < -0.39 is 35.1 Å². The molecule has 2 fully saturated rings. The first-order valence-electron chi connectivity index (χ1n) is 15.9. The lowest BCUT2D eigenvalue weighted by Crippen LogP contribution is -2.59. The Kier molecular flexibility index (Phi) is 8.01. The van der Waals surface area contributed by atoms with Gasteiger partial charge in [0, 0.05) is 25.3 Å². The van der Waals surface area contributed by atoms with Crippen LogP contribution in [0.15, 0.2) is 72.8 Å². The van der Waals surface area contributed by atoms with Crippen molar-refractivity contribution < 1.29 is 24.2 Å². The summed E-state index contributed by atoms with van der Waals surface area (Å²) in [5.41, 5.74) is 1.28. The van der Waals surface area contributed by atoms with E-state index in [1.807, 2.05) is 105 Å². The predicted octanol–water partition coefficient (Wildman–Crippen LogP) is 3.98. The first-order valence-corrected chi connectivity index (χ1v) is 15.9. The zero-order valence-corrected chi connectivity index (χ0v) is 26.1. The summed E-state index contributed by atoms with van der Waals surface area (Å²) in [7, 11) is 0. The molecule has 0 saturated carbocycles. The molecule has 0 aliphatic carbocycles. The minimum atomic E-state index is -1.37. The molecule has 8 nitrogen and oxygen atoms in total. The highest BCUT2D eigenvalue weighted by atomic mass is 16.5. The maximum absolute atomic E-state index is 15.0. The van der Waals surface area contributed by atoms with E-state index in [-0.39, 0.29) is 24.3 Å². The number of carbonyl (C=O) groups is 3. The van der Waals surface area contributed by atoms with Gasteiger partial charge in [-0.2, -0.15) is 0 Å². The fraction of sp³-hybridized carbons (Fsp3) is 0.472. The third kappa shape index (κ3) is 4.61. The molecule has 44 heavy (non-hydrogen) atoms. The van der Waals surface area contributed by atoms with Crippen LogP contribution < -0.4 is 4.90 Å². The van der Waals surface area contributed by atoms with E-state index in [1.165, 1.54) is 0 Å². The van der Waals surface area contributed by atoms with E-state index in [9.17, 15) is 19.5 Å². The van der Waals surface area contributed by atoms with E-state index in [1.54, 1.807) is 9.80 Å².